The first kappa shape index (κ1) is 18.3. The van der Waals surface area contributed by atoms with Crippen molar-refractivity contribution in [2.45, 2.75) is 45.2 Å². The van der Waals surface area contributed by atoms with Crippen LogP contribution in [0.15, 0.2) is 24.3 Å². The minimum atomic E-state index is -0.364. The number of hydrogen-bond donors (Lipinski definition) is 1. The number of hydrogen-bond acceptors (Lipinski definition) is 2. The molecule has 1 aliphatic rings. The quantitative estimate of drug-likeness (QED) is 0.893. The van der Waals surface area contributed by atoms with Crippen LogP contribution in [0.2, 0.25) is 5.02 Å². The second-order valence-corrected chi connectivity index (χ2v) is 5.78. The predicted molar refractivity (Wildman–Crippen MR) is 90.0 cm³/mol. The Morgan fingerprint density at radius 2 is 2.10 bits per heavy atom. The summed E-state index contributed by atoms with van der Waals surface area (Å²) in [5.74, 6) is 0.208. The molecule has 0 radical (unpaired) electrons. The van der Waals surface area contributed by atoms with Crippen LogP contribution in [0.25, 0.3) is 0 Å². The minimum Gasteiger partial charge on any atom is -0.337 e. The van der Waals surface area contributed by atoms with Crippen LogP contribution in [0.1, 0.15) is 38.7 Å². The lowest BCUT2D eigenvalue weighted by atomic mass is 9.92. The Morgan fingerprint density at radius 1 is 1.38 bits per heavy atom. The molecule has 0 spiro atoms. The van der Waals surface area contributed by atoms with E-state index in [4.69, 9.17) is 11.6 Å². The topological polar surface area (TPSA) is 32.3 Å². The number of halogens is 2. The third-order valence-corrected chi connectivity index (χ3v) is 4.61. The fourth-order valence-corrected chi connectivity index (χ4v) is 3.10. The highest BCUT2D eigenvalue weighted by molar-refractivity contribution is 6.31. The molecule has 1 aromatic carbocycles. The zero-order valence-electron chi connectivity index (χ0n) is 12.7. The Kier molecular flexibility index (Phi) is 6.98. The Morgan fingerprint density at radius 3 is 2.62 bits per heavy atom. The largest absolute Gasteiger partial charge is 0.337 e. The highest BCUT2D eigenvalue weighted by atomic mass is 35.5. The lowest BCUT2D eigenvalue weighted by Crippen LogP contribution is -2.54. The summed E-state index contributed by atoms with van der Waals surface area (Å²) in [5.41, 5.74) is 0.644. The number of likely N-dealkylation sites (N-methyl/N-ethyl adjacent to an activating group) is 1. The number of carbonyl (C=O) groups is 1. The number of nitrogens with one attached hydrogen (secondary N) is 1. The van der Waals surface area contributed by atoms with Crippen molar-refractivity contribution in [1.82, 2.24) is 10.2 Å². The van der Waals surface area contributed by atoms with Gasteiger partial charge in [-0.3, -0.25) is 4.79 Å². The summed E-state index contributed by atoms with van der Waals surface area (Å²) in [4.78, 5) is 14.8. The molecule has 1 fully saturated rings. The van der Waals surface area contributed by atoms with E-state index >= 15 is 0 Å². The van der Waals surface area contributed by atoms with Gasteiger partial charge in [0.1, 0.15) is 0 Å². The summed E-state index contributed by atoms with van der Waals surface area (Å²) in [6.45, 7) is 6.32. The Labute approximate surface area is 138 Å². The molecule has 1 atom stereocenters. The predicted octanol–water partition coefficient (Wildman–Crippen LogP) is 3.64. The van der Waals surface area contributed by atoms with E-state index in [1.165, 1.54) is 0 Å². The maximum Gasteiger partial charge on any atom is 0.243 e. The molecule has 3 nitrogen and oxygen atoms in total. The molecule has 0 bridgehead atoms. The van der Waals surface area contributed by atoms with E-state index in [0.29, 0.717) is 13.1 Å². The van der Waals surface area contributed by atoms with Gasteiger partial charge in [-0.05, 0) is 44.4 Å². The fraction of sp³-hybridized carbons (Fsp3) is 0.562. The summed E-state index contributed by atoms with van der Waals surface area (Å²) < 4.78 is 0. The highest BCUT2D eigenvalue weighted by Gasteiger charge is 2.41. The molecular weight excluding hydrogens is 307 g/mol. The van der Waals surface area contributed by atoms with Crippen LogP contribution in [0.4, 0.5) is 0 Å². The molecule has 1 unspecified atom stereocenters. The van der Waals surface area contributed by atoms with Gasteiger partial charge in [-0.1, -0.05) is 36.7 Å². The van der Waals surface area contributed by atoms with Crippen LogP contribution in [0.5, 0.6) is 0 Å². The van der Waals surface area contributed by atoms with Crippen molar-refractivity contribution >= 4 is 29.9 Å². The SMILES string of the molecule is CCN(Cc1ccccc1Cl)C(=O)C1(CC)CCCN1.Cl. The van der Waals surface area contributed by atoms with E-state index in [0.717, 1.165) is 36.4 Å². The zero-order chi connectivity index (χ0) is 14.6. The minimum absolute atomic E-state index is 0. The summed E-state index contributed by atoms with van der Waals surface area (Å²) in [7, 11) is 0. The Bertz CT molecular complexity index is 473. The third kappa shape index (κ3) is 3.91. The van der Waals surface area contributed by atoms with E-state index in [-0.39, 0.29) is 23.9 Å². The molecule has 2 rings (SSSR count). The maximum atomic E-state index is 12.9. The third-order valence-electron chi connectivity index (χ3n) is 4.24. The van der Waals surface area contributed by atoms with Crippen molar-refractivity contribution in [3.63, 3.8) is 0 Å². The van der Waals surface area contributed by atoms with Gasteiger partial charge in [-0.25, -0.2) is 0 Å². The van der Waals surface area contributed by atoms with Crippen molar-refractivity contribution in [3.05, 3.63) is 34.9 Å². The summed E-state index contributed by atoms with van der Waals surface area (Å²) >= 11 is 6.20. The van der Waals surface area contributed by atoms with E-state index in [1.807, 2.05) is 36.1 Å². The first-order valence-corrected chi connectivity index (χ1v) is 7.78. The van der Waals surface area contributed by atoms with E-state index in [1.54, 1.807) is 0 Å². The maximum absolute atomic E-state index is 12.9. The van der Waals surface area contributed by atoms with Gasteiger partial charge in [-0.15, -0.1) is 12.4 Å². The Balaban J connectivity index is 0.00000220. The molecule has 21 heavy (non-hydrogen) atoms. The molecule has 0 aliphatic carbocycles. The van der Waals surface area contributed by atoms with E-state index < -0.39 is 0 Å². The van der Waals surface area contributed by atoms with Crippen LogP contribution in [0, 0.1) is 0 Å². The van der Waals surface area contributed by atoms with Crippen molar-refractivity contribution in [2.24, 2.45) is 0 Å². The Hall–Kier alpha value is -0.770. The van der Waals surface area contributed by atoms with Gasteiger partial charge < -0.3 is 10.2 Å². The standard InChI is InChI=1S/C16H23ClN2O.ClH/c1-3-16(10-7-11-18-16)15(20)19(4-2)12-13-8-5-6-9-14(13)17;/h5-6,8-9,18H,3-4,7,10-12H2,1-2H3;1H. The smallest absolute Gasteiger partial charge is 0.243 e. The molecule has 1 saturated heterocycles. The molecule has 5 heteroatoms. The normalized spacial score (nSPS) is 20.9. The average molecular weight is 331 g/mol. The van der Waals surface area contributed by atoms with Gasteiger partial charge in [-0.2, -0.15) is 0 Å². The van der Waals surface area contributed by atoms with Gasteiger partial charge in [0, 0.05) is 18.1 Å². The highest BCUT2D eigenvalue weighted by Crippen LogP contribution is 2.27. The molecule has 1 aromatic rings. The van der Waals surface area contributed by atoms with Crippen molar-refractivity contribution in [2.75, 3.05) is 13.1 Å². The second kappa shape index (κ2) is 8.02. The molecule has 1 N–H and O–H groups in total. The van der Waals surface area contributed by atoms with Crippen molar-refractivity contribution < 1.29 is 4.79 Å². The number of rotatable bonds is 5. The molecule has 1 aliphatic heterocycles. The van der Waals surface area contributed by atoms with Crippen LogP contribution >= 0.6 is 24.0 Å². The van der Waals surface area contributed by atoms with Crippen LogP contribution < -0.4 is 5.32 Å². The lowest BCUT2D eigenvalue weighted by molar-refractivity contribution is -0.138. The molecule has 118 valence electrons. The number of benzene rings is 1. The van der Waals surface area contributed by atoms with Gasteiger partial charge in [0.2, 0.25) is 5.91 Å². The fourth-order valence-electron chi connectivity index (χ4n) is 2.90. The van der Waals surface area contributed by atoms with Crippen molar-refractivity contribution in [3.8, 4) is 0 Å². The number of carbonyl (C=O) groups excluding carboxylic acids is 1. The van der Waals surface area contributed by atoms with Gasteiger partial charge in [0.05, 0.1) is 5.54 Å². The first-order chi connectivity index (χ1) is 9.63. The summed E-state index contributed by atoms with van der Waals surface area (Å²) in [5, 5.41) is 4.14. The number of amides is 1. The van der Waals surface area contributed by atoms with Crippen LogP contribution in [-0.2, 0) is 11.3 Å². The molecule has 0 saturated carbocycles. The molecule has 1 amide bonds. The van der Waals surface area contributed by atoms with Gasteiger partial charge in [0.15, 0.2) is 0 Å². The zero-order valence-corrected chi connectivity index (χ0v) is 14.3. The molecule has 1 heterocycles. The van der Waals surface area contributed by atoms with Gasteiger partial charge in [0.25, 0.3) is 0 Å². The molecular formula is C16H24Cl2N2O. The molecule has 0 aromatic heterocycles. The monoisotopic (exact) mass is 330 g/mol. The van der Waals surface area contributed by atoms with Crippen LogP contribution in [0.3, 0.4) is 0 Å². The van der Waals surface area contributed by atoms with Crippen molar-refractivity contribution in [1.29, 1.82) is 0 Å². The summed E-state index contributed by atoms with van der Waals surface area (Å²) in [6.07, 6.45) is 2.84. The van der Waals surface area contributed by atoms with E-state index in [2.05, 4.69) is 12.2 Å². The summed E-state index contributed by atoms with van der Waals surface area (Å²) in [6, 6.07) is 7.73. The average Bonchev–Trinajstić information content (AvgIpc) is 2.96. The van der Waals surface area contributed by atoms with E-state index in [9.17, 15) is 4.79 Å². The van der Waals surface area contributed by atoms with Gasteiger partial charge >= 0.3 is 0 Å². The lowest BCUT2D eigenvalue weighted by Gasteiger charge is -2.33. The first-order valence-electron chi connectivity index (χ1n) is 7.40. The van der Waals surface area contributed by atoms with Crippen LogP contribution in [-0.4, -0.2) is 29.4 Å². The second-order valence-electron chi connectivity index (χ2n) is 5.38. The number of nitrogens with zero attached hydrogens (tertiary/aromatic N) is 1.